The molecule has 0 saturated heterocycles. The number of sulfonamides is 1. The Labute approximate surface area is 79.5 Å². The zero-order chi connectivity index (χ0) is 9.61. The summed E-state index contributed by atoms with van der Waals surface area (Å²) in [5.74, 6) is 1.03. The predicted molar refractivity (Wildman–Crippen MR) is 52.0 cm³/mol. The highest BCUT2D eigenvalue weighted by Gasteiger charge is 2.08. The molecule has 12 heavy (non-hydrogen) atoms. The van der Waals surface area contributed by atoms with Gasteiger partial charge in [0.2, 0.25) is 10.0 Å². The van der Waals surface area contributed by atoms with E-state index in [1.165, 1.54) is 0 Å². The summed E-state index contributed by atoms with van der Waals surface area (Å²) in [6.07, 6.45) is 0.841. The van der Waals surface area contributed by atoms with E-state index in [0.717, 1.165) is 6.42 Å². The van der Waals surface area contributed by atoms with Crippen LogP contribution in [0.25, 0.3) is 0 Å². The van der Waals surface area contributed by atoms with Crippen molar-refractivity contribution in [2.24, 2.45) is 5.92 Å². The van der Waals surface area contributed by atoms with Gasteiger partial charge in [0.05, 0.1) is 5.75 Å². The lowest BCUT2D eigenvalue weighted by molar-refractivity contribution is 0.531. The van der Waals surface area contributed by atoms with Gasteiger partial charge in [0.25, 0.3) is 0 Å². The van der Waals surface area contributed by atoms with Crippen LogP contribution in [0.1, 0.15) is 20.3 Å². The topological polar surface area (TPSA) is 46.2 Å². The second-order valence-electron chi connectivity index (χ2n) is 2.83. The van der Waals surface area contributed by atoms with Crippen molar-refractivity contribution in [3.63, 3.8) is 0 Å². The van der Waals surface area contributed by atoms with Crippen LogP contribution in [0.3, 0.4) is 0 Å². The molecule has 1 unspecified atom stereocenters. The van der Waals surface area contributed by atoms with E-state index < -0.39 is 10.0 Å². The molecule has 0 spiro atoms. The number of halogens is 1. The van der Waals surface area contributed by atoms with E-state index in [4.69, 9.17) is 11.6 Å². The van der Waals surface area contributed by atoms with Crippen molar-refractivity contribution in [3.05, 3.63) is 0 Å². The van der Waals surface area contributed by atoms with Gasteiger partial charge < -0.3 is 0 Å². The first kappa shape index (κ1) is 12.2. The quantitative estimate of drug-likeness (QED) is 0.674. The van der Waals surface area contributed by atoms with Crippen molar-refractivity contribution in [2.45, 2.75) is 20.3 Å². The summed E-state index contributed by atoms with van der Waals surface area (Å²) >= 11 is 5.50. The van der Waals surface area contributed by atoms with Crippen LogP contribution in [-0.2, 0) is 10.0 Å². The maximum atomic E-state index is 11.0. The Morgan fingerprint density at radius 1 is 1.50 bits per heavy atom. The molecule has 1 N–H and O–H groups in total. The van der Waals surface area contributed by atoms with E-state index in [1.807, 2.05) is 6.92 Å². The molecule has 74 valence electrons. The van der Waals surface area contributed by atoms with Gasteiger partial charge in [-0.15, -0.1) is 11.6 Å². The normalized spacial score (nSPS) is 14.6. The zero-order valence-corrected chi connectivity index (χ0v) is 9.08. The smallest absolute Gasteiger partial charge is 0.211 e. The van der Waals surface area contributed by atoms with Crippen LogP contribution in [0.4, 0.5) is 0 Å². The molecule has 0 aliphatic rings. The van der Waals surface area contributed by atoms with Crippen molar-refractivity contribution in [1.82, 2.24) is 4.72 Å². The van der Waals surface area contributed by atoms with Crippen molar-refractivity contribution < 1.29 is 8.42 Å². The van der Waals surface area contributed by atoms with Gasteiger partial charge in [-0.3, -0.25) is 0 Å². The van der Waals surface area contributed by atoms with E-state index in [0.29, 0.717) is 18.3 Å². The first-order valence-corrected chi connectivity index (χ1v) is 6.23. The first-order chi connectivity index (χ1) is 5.52. The van der Waals surface area contributed by atoms with E-state index in [9.17, 15) is 8.42 Å². The monoisotopic (exact) mass is 213 g/mol. The summed E-state index contributed by atoms with van der Waals surface area (Å²) in [5, 5.41) is 0. The Kier molecular flexibility index (Phi) is 5.88. The molecular formula is C7H16ClNO2S. The lowest BCUT2D eigenvalue weighted by Gasteiger charge is -2.09. The molecule has 1 atom stereocenters. The van der Waals surface area contributed by atoms with Crippen LogP contribution >= 0.6 is 11.6 Å². The van der Waals surface area contributed by atoms with Gasteiger partial charge in [-0.1, -0.05) is 6.92 Å². The van der Waals surface area contributed by atoms with Crippen LogP contribution in [0, 0.1) is 5.92 Å². The molecule has 0 heterocycles. The van der Waals surface area contributed by atoms with Gasteiger partial charge in [-0.05, 0) is 19.3 Å². The minimum absolute atomic E-state index is 0.139. The van der Waals surface area contributed by atoms with Crippen LogP contribution in [0.15, 0.2) is 0 Å². The van der Waals surface area contributed by atoms with Gasteiger partial charge in [0.15, 0.2) is 0 Å². The highest BCUT2D eigenvalue weighted by Crippen LogP contribution is 2.01. The summed E-state index contributed by atoms with van der Waals surface area (Å²) in [6.45, 7) is 4.08. The molecule has 0 aliphatic heterocycles. The minimum Gasteiger partial charge on any atom is -0.215 e. The summed E-state index contributed by atoms with van der Waals surface area (Å²) < 4.78 is 24.4. The van der Waals surface area contributed by atoms with Crippen LogP contribution in [-0.4, -0.2) is 26.6 Å². The summed E-state index contributed by atoms with van der Waals surface area (Å²) in [5.41, 5.74) is 0. The highest BCUT2D eigenvalue weighted by molar-refractivity contribution is 7.89. The molecule has 0 aromatic carbocycles. The summed E-state index contributed by atoms with van der Waals surface area (Å²) in [4.78, 5) is 0. The summed E-state index contributed by atoms with van der Waals surface area (Å²) in [6, 6.07) is 0. The molecule has 0 saturated carbocycles. The third-order valence-electron chi connectivity index (χ3n) is 1.63. The number of rotatable bonds is 6. The molecule has 0 aromatic rings. The second kappa shape index (κ2) is 5.78. The van der Waals surface area contributed by atoms with E-state index in [-0.39, 0.29) is 5.75 Å². The average Bonchev–Trinajstić information content (AvgIpc) is 2.02. The fourth-order valence-electron chi connectivity index (χ4n) is 0.660. The predicted octanol–water partition coefficient (Wildman–Crippen LogP) is 1.19. The highest BCUT2D eigenvalue weighted by atomic mass is 35.5. The third kappa shape index (κ3) is 5.80. The number of hydrogen-bond donors (Lipinski definition) is 1. The molecular weight excluding hydrogens is 198 g/mol. The molecule has 0 aromatic heterocycles. The number of alkyl halides is 1. The van der Waals surface area contributed by atoms with Crippen LogP contribution < -0.4 is 4.72 Å². The molecule has 0 rings (SSSR count). The maximum Gasteiger partial charge on any atom is 0.211 e. The van der Waals surface area contributed by atoms with Gasteiger partial charge in [0, 0.05) is 12.4 Å². The minimum atomic E-state index is -3.03. The Morgan fingerprint density at radius 2 is 2.08 bits per heavy atom. The van der Waals surface area contributed by atoms with Crippen molar-refractivity contribution in [2.75, 3.05) is 18.2 Å². The maximum absolute atomic E-state index is 11.0. The van der Waals surface area contributed by atoms with Gasteiger partial charge in [-0.25, -0.2) is 13.1 Å². The largest absolute Gasteiger partial charge is 0.215 e. The lowest BCUT2D eigenvalue weighted by Crippen LogP contribution is -2.29. The van der Waals surface area contributed by atoms with Gasteiger partial charge in [-0.2, -0.15) is 0 Å². The molecule has 0 fully saturated rings. The Morgan fingerprint density at radius 3 is 2.50 bits per heavy atom. The Hall–Kier alpha value is 0.200. The average molecular weight is 214 g/mol. The molecule has 5 heteroatoms. The van der Waals surface area contributed by atoms with Gasteiger partial charge >= 0.3 is 0 Å². The number of nitrogens with one attached hydrogen (secondary N) is 1. The molecule has 0 amide bonds. The van der Waals surface area contributed by atoms with E-state index in [2.05, 4.69) is 4.72 Å². The Bertz CT molecular complexity index is 203. The molecule has 0 radical (unpaired) electrons. The van der Waals surface area contributed by atoms with E-state index in [1.54, 1.807) is 6.92 Å². The SMILES string of the molecule is CCS(=O)(=O)NCC(C)CCCl. The molecule has 0 aliphatic carbocycles. The molecule has 3 nitrogen and oxygen atoms in total. The fraction of sp³-hybridized carbons (Fsp3) is 1.00. The van der Waals surface area contributed by atoms with Crippen LogP contribution in [0.2, 0.25) is 0 Å². The number of hydrogen-bond acceptors (Lipinski definition) is 2. The van der Waals surface area contributed by atoms with Crippen molar-refractivity contribution >= 4 is 21.6 Å². The lowest BCUT2D eigenvalue weighted by atomic mass is 10.1. The Balaban J connectivity index is 3.68. The standard InChI is InChI=1S/C7H16ClNO2S/c1-3-12(10,11)9-6-7(2)4-5-8/h7,9H,3-6H2,1-2H3. The summed E-state index contributed by atoms with van der Waals surface area (Å²) in [7, 11) is -3.03. The second-order valence-corrected chi connectivity index (χ2v) is 5.31. The van der Waals surface area contributed by atoms with Crippen molar-refractivity contribution in [1.29, 1.82) is 0 Å². The molecule has 0 bridgehead atoms. The fourth-order valence-corrected chi connectivity index (χ4v) is 1.77. The third-order valence-corrected chi connectivity index (χ3v) is 3.22. The first-order valence-electron chi connectivity index (χ1n) is 4.05. The van der Waals surface area contributed by atoms with Crippen molar-refractivity contribution in [3.8, 4) is 0 Å². The van der Waals surface area contributed by atoms with Gasteiger partial charge in [0.1, 0.15) is 0 Å². The zero-order valence-electron chi connectivity index (χ0n) is 7.51. The van der Waals surface area contributed by atoms with E-state index >= 15 is 0 Å². The van der Waals surface area contributed by atoms with Crippen LogP contribution in [0.5, 0.6) is 0 Å².